The highest BCUT2D eigenvalue weighted by atomic mass is 35.5. The minimum atomic E-state index is -0.253. The Hall–Kier alpha value is -2.32. The zero-order chi connectivity index (χ0) is 16.4. The van der Waals surface area contributed by atoms with E-state index in [1.165, 1.54) is 11.0 Å². The number of nitrogens with zero attached hydrogens (tertiary/aromatic N) is 5. The van der Waals surface area contributed by atoms with Crippen molar-refractivity contribution < 1.29 is 4.79 Å². The Balaban J connectivity index is 1.77. The van der Waals surface area contributed by atoms with Gasteiger partial charge in [-0.05, 0) is 42.5 Å². The van der Waals surface area contributed by atoms with Crippen molar-refractivity contribution in [2.24, 2.45) is 0 Å². The molecule has 0 saturated carbocycles. The Labute approximate surface area is 141 Å². The average Bonchev–Trinajstić information content (AvgIpc) is 3.18. The van der Waals surface area contributed by atoms with E-state index in [1.807, 2.05) is 19.2 Å². The van der Waals surface area contributed by atoms with Crippen molar-refractivity contribution in [3.05, 3.63) is 51.2 Å². The quantitative estimate of drug-likeness (QED) is 0.783. The molecule has 7 nitrogen and oxygen atoms in total. The summed E-state index contributed by atoms with van der Waals surface area (Å²) in [6.07, 6.45) is 1.46. The molecule has 3 rings (SSSR count). The lowest BCUT2D eigenvalue weighted by molar-refractivity contribution is 0.0939. The fraction of sp³-hybridized carbons (Fsp3) is 0.214. The molecule has 2 aromatic heterocycles. The number of amides is 1. The van der Waals surface area contributed by atoms with Crippen LogP contribution in [0.15, 0.2) is 29.9 Å². The van der Waals surface area contributed by atoms with Gasteiger partial charge >= 0.3 is 0 Å². The third-order valence-electron chi connectivity index (χ3n) is 3.24. The summed E-state index contributed by atoms with van der Waals surface area (Å²) in [7, 11) is 0. The van der Waals surface area contributed by atoms with Crippen LogP contribution in [0, 0.1) is 6.92 Å². The van der Waals surface area contributed by atoms with Crippen molar-refractivity contribution in [1.82, 2.24) is 30.5 Å². The molecule has 0 bridgehead atoms. The summed E-state index contributed by atoms with van der Waals surface area (Å²) in [5.41, 5.74) is 1.91. The van der Waals surface area contributed by atoms with Crippen LogP contribution in [-0.4, -0.2) is 31.1 Å². The van der Waals surface area contributed by atoms with Crippen molar-refractivity contribution in [2.45, 2.75) is 19.9 Å². The number of rotatable bonds is 4. The van der Waals surface area contributed by atoms with Crippen LogP contribution in [-0.2, 0) is 0 Å². The van der Waals surface area contributed by atoms with Gasteiger partial charge in [-0.15, -0.1) is 16.4 Å². The molecule has 1 atom stereocenters. The molecule has 2 heterocycles. The molecule has 1 N–H and O–H groups in total. The summed E-state index contributed by atoms with van der Waals surface area (Å²) < 4.78 is 1.47. The van der Waals surface area contributed by atoms with Gasteiger partial charge in [0.25, 0.3) is 5.91 Å². The number of carbonyl (C=O) groups is 1. The van der Waals surface area contributed by atoms with Gasteiger partial charge in [0.2, 0.25) is 0 Å². The third-order valence-corrected chi connectivity index (χ3v) is 4.34. The minimum absolute atomic E-state index is 0.192. The summed E-state index contributed by atoms with van der Waals surface area (Å²) in [6, 6.07) is 4.83. The van der Waals surface area contributed by atoms with E-state index < -0.39 is 0 Å². The van der Waals surface area contributed by atoms with Crippen LogP contribution in [0.2, 0.25) is 5.02 Å². The lowest BCUT2D eigenvalue weighted by atomic mass is 10.1. The first-order valence-electron chi connectivity index (χ1n) is 6.80. The van der Waals surface area contributed by atoms with Gasteiger partial charge in [0, 0.05) is 5.38 Å². The average molecular weight is 349 g/mol. The first kappa shape index (κ1) is 15.6. The van der Waals surface area contributed by atoms with Crippen LogP contribution in [0.5, 0.6) is 0 Å². The van der Waals surface area contributed by atoms with E-state index in [0.29, 0.717) is 16.3 Å². The van der Waals surface area contributed by atoms with Crippen molar-refractivity contribution in [3.8, 4) is 5.69 Å². The van der Waals surface area contributed by atoms with E-state index in [1.54, 1.807) is 29.5 Å². The Morgan fingerprint density at radius 3 is 2.87 bits per heavy atom. The summed E-state index contributed by atoms with van der Waals surface area (Å²) in [5, 5.41) is 17.0. The molecule has 0 aliphatic rings. The second-order valence-electron chi connectivity index (χ2n) is 4.91. The van der Waals surface area contributed by atoms with Crippen molar-refractivity contribution in [3.63, 3.8) is 0 Å². The van der Waals surface area contributed by atoms with Crippen molar-refractivity contribution >= 4 is 28.8 Å². The first-order valence-corrected chi connectivity index (χ1v) is 8.06. The first-order chi connectivity index (χ1) is 11.0. The number of benzene rings is 1. The molecule has 23 heavy (non-hydrogen) atoms. The van der Waals surface area contributed by atoms with E-state index in [2.05, 4.69) is 25.8 Å². The molecule has 0 radical (unpaired) electrons. The molecule has 1 aromatic carbocycles. The van der Waals surface area contributed by atoms with Crippen LogP contribution in [0.25, 0.3) is 5.69 Å². The third kappa shape index (κ3) is 3.38. The number of hydrogen-bond donors (Lipinski definition) is 1. The van der Waals surface area contributed by atoms with E-state index in [0.717, 1.165) is 10.7 Å². The van der Waals surface area contributed by atoms with E-state index >= 15 is 0 Å². The molecule has 0 aliphatic carbocycles. The van der Waals surface area contributed by atoms with Gasteiger partial charge in [-0.1, -0.05) is 11.6 Å². The number of halogens is 1. The van der Waals surface area contributed by atoms with Crippen LogP contribution >= 0.6 is 22.9 Å². The topological polar surface area (TPSA) is 85.6 Å². The fourth-order valence-electron chi connectivity index (χ4n) is 2.04. The normalized spacial score (nSPS) is 12.1. The Kier molecular flexibility index (Phi) is 4.35. The number of tetrazole rings is 1. The molecule has 3 aromatic rings. The van der Waals surface area contributed by atoms with Crippen LogP contribution in [0.1, 0.15) is 34.0 Å². The maximum atomic E-state index is 12.4. The predicted molar refractivity (Wildman–Crippen MR) is 86.9 cm³/mol. The maximum Gasteiger partial charge on any atom is 0.253 e. The Bertz CT molecular complexity index is 832. The number of carbonyl (C=O) groups excluding carboxylic acids is 1. The van der Waals surface area contributed by atoms with Crippen molar-refractivity contribution in [1.29, 1.82) is 0 Å². The number of thiazole rings is 1. The highest BCUT2D eigenvalue weighted by molar-refractivity contribution is 7.09. The van der Waals surface area contributed by atoms with Gasteiger partial charge < -0.3 is 5.32 Å². The number of hydrogen-bond acceptors (Lipinski definition) is 6. The summed E-state index contributed by atoms with van der Waals surface area (Å²) in [6.45, 7) is 3.81. The van der Waals surface area contributed by atoms with E-state index in [-0.39, 0.29) is 11.9 Å². The molecular formula is C14H13ClN6OS. The highest BCUT2D eigenvalue weighted by Crippen LogP contribution is 2.21. The van der Waals surface area contributed by atoms with Crippen molar-refractivity contribution in [2.75, 3.05) is 0 Å². The zero-order valence-electron chi connectivity index (χ0n) is 12.4. The molecule has 1 unspecified atom stereocenters. The Morgan fingerprint density at radius 1 is 1.43 bits per heavy atom. The van der Waals surface area contributed by atoms with Crippen LogP contribution in [0.3, 0.4) is 0 Å². The van der Waals surface area contributed by atoms with Gasteiger partial charge in [0.1, 0.15) is 6.33 Å². The van der Waals surface area contributed by atoms with Gasteiger partial charge in [0.15, 0.2) is 0 Å². The summed E-state index contributed by atoms with van der Waals surface area (Å²) >= 11 is 7.77. The molecule has 0 spiro atoms. The predicted octanol–water partition coefficient (Wildman–Crippen LogP) is 2.57. The second-order valence-corrected chi connectivity index (χ2v) is 6.37. The second kappa shape index (κ2) is 6.43. The minimum Gasteiger partial charge on any atom is -0.344 e. The standard InChI is InChI=1S/C14H13ClN6OS/c1-8(13-6-23-9(2)18-13)17-14(22)11-4-3-10(5-12(11)15)21-7-16-19-20-21/h3-8H,1-2H3,(H,17,22). The molecule has 1 amide bonds. The largest absolute Gasteiger partial charge is 0.344 e. The van der Waals surface area contributed by atoms with E-state index in [9.17, 15) is 4.79 Å². The molecule has 118 valence electrons. The lowest BCUT2D eigenvalue weighted by Crippen LogP contribution is -2.27. The molecule has 0 fully saturated rings. The van der Waals surface area contributed by atoms with Gasteiger partial charge in [-0.3, -0.25) is 4.79 Å². The molecule has 9 heteroatoms. The summed E-state index contributed by atoms with van der Waals surface area (Å²) in [4.78, 5) is 16.8. The lowest BCUT2D eigenvalue weighted by Gasteiger charge is -2.13. The highest BCUT2D eigenvalue weighted by Gasteiger charge is 2.16. The van der Waals surface area contributed by atoms with Gasteiger partial charge in [0.05, 0.1) is 33.0 Å². The monoisotopic (exact) mass is 348 g/mol. The number of aromatic nitrogens is 5. The van der Waals surface area contributed by atoms with Gasteiger partial charge in [-0.2, -0.15) is 0 Å². The zero-order valence-corrected chi connectivity index (χ0v) is 14.0. The Morgan fingerprint density at radius 2 is 2.26 bits per heavy atom. The molecule has 0 aliphatic heterocycles. The smallest absolute Gasteiger partial charge is 0.253 e. The molecular weight excluding hydrogens is 336 g/mol. The molecule has 0 saturated heterocycles. The fourth-order valence-corrected chi connectivity index (χ4v) is 3.00. The van der Waals surface area contributed by atoms with Crippen LogP contribution < -0.4 is 5.32 Å². The SMILES string of the molecule is Cc1nc(C(C)NC(=O)c2ccc(-n3cnnn3)cc2Cl)cs1. The maximum absolute atomic E-state index is 12.4. The van der Waals surface area contributed by atoms with E-state index in [4.69, 9.17) is 11.6 Å². The number of aryl methyl sites for hydroxylation is 1. The van der Waals surface area contributed by atoms with Gasteiger partial charge in [-0.25, -0.2) is 9.67 Å². The van der Waals surface area contributed by atoms with Crippen LogP contribution in [0.4, 0.5) is 0 Å². The number of nitrogens with one attached hydrogen (secondary N) is 1. The summed E-state index contributed by atoms with van der Waals surface area (Å²) in [5.74, 6) is -0.253.